The fourth-order valence-electron chi connectivity index (χ4n) is 2.32. The van der Waals surface area contributed by atoms with Crippen LogP contribution in [0.3, 0.4) is 0 Å². The Morgan fingerprint density at radius 1 is 1.04 bits per heavy atom. The summed E-state index contributed by atoms with van der Waals surface area (Å²) in [7, 11) is 3.50. The van der Waals surface area contributed by atoms with Crippen molar-refractivity contribution in [1.29, 1.82) is 0 Å². The topological polar surface area (TPSA) is 61.4 Å². The van der Waals surface area contributed by atoms with Gasteiger partial charge in [0.15, 0.2) is 0 Å². The largest absolute Gasteiger partial charge is 0.376 e. The van der Waals surface area contributed by atoms with Crippen molar-refractivity contribution in [3.05, 3.63) is 58.6 Å². The summed E-state index contributed by atoms with van der Waals surface area (Å²) in [5, 5.41) is 6.55. The van der Waals surface area contributed by atoms with Crippen molar-refractivity contribution in [1.82, 2.24) is 4.90 Å². The van der Waals surface area contributed by atoms with E-state index in [1.54, 1.807) is 25.1 Å². The molecule has 0 bridgehead atoms. The van der Waals surface area contributed by atoms with E-state index in [1.165, 1.54) is 0 Å². The highest BCUT2D eigenvalue weighted by Gasteiger charge is 2.06. The zero-order valence-electron chi connectivity index (χ0n) is 15.3. The fraction of sp³-hybridized carbons (Fsp3) is 0.300. The molecule has 0 aliphatic rings. The Bertz CT molecular complexity index is 773. The summed E-state index contributed by atoms with van der Waals surface area (Å²) in [5.74, 6) is -0.0399. The van der Waals surface area contributed by atoms with Gasteiger partial charge < -0.3 is 15.5 Å². The van der Waals surface area contributed by atoms with Crippen LogP contribution in [0, 0.1) is 6.92 Å². The second kappa shape index (κ2) is 9.25. The third-order valence-corrected chi connectivity index (χ3v) is 4.40. The van der Waals surface area contributed by atoms with Crippen LogP contribution < -0.4 is 10.6 Å². The van der Waals surface area contributed by atoms with E-state index in [-0.39, 0.29) is 18.4 Å². The van der Waals surface area contributed by atoms with E-state index in [2.05, 4.69) is 10.6 Å². The summed E-state index contributed by atoms with van der Waals surface area (Å²) >= 11 is 6.07. The number of rotatable bonds is 7. The molecule has 0 unspecified atom stereocenters. The maximum Gasteiger partial charge on any atom is 0.243 e. The van der Waals surface area contributed by atoms with Crippen molar-refractivity contribution in [3.8, 4) is 0 Å². The monoisotopic (exact) mass is 373 g/mol. The third-order valence-electron chi connectivity index (χ3n) is 3.99. The zero-order valence-corrected chi connectivity index (χ0v) is 16.1. The highest BCUT2D eigenvalue weighted by molar-refractivity contribution is 6.31. The van der Waals surface area contributed by atoms with Crippen molar-refractivity contribution in [3.63, 3.8) is 0 Å². The van der Waals surface area contributed by atoms with E-state index in [4.69, 9.17) is 11.6 Å². The number of halogens is 1. The average Bonchev–Trinajstić information content (AvgIpc) is 2.61. The normalized spacial score (nSPS) is 10.3. The minimum absolute atomic E-state index is 0.102. The number of aryl methyl sites for hydroxylation is 2. The molecule has 5 nitrogen and oxygen atoms in total. The van der Waals surface area contributed by atoms with E-state index in [0.29, 0.717) is 17.9 Å². The predicted octanol–water partition coefficient (Wildman–Crippen LogP) is 3.72. The van der Waals surface area contributed by atoms with Crippen LogP contribution in [-0.4, -0.2) is 37.4 Å². The van der Waals surface area contributed by atoms with E-state index >= 15 is 0 Å². The highest BCUT2D eigenvalue weighted by Crippen LogP contribution is 2.19. The molecule has 0 heterocycles. The first-order valence-corrected chi connectivity index (χ1v) is 8.82. The second-order valence-corrected chi connectivity index (χ2v) is 6.76. The van der Waals surface area contributed by atoms with Crippen molar-refractivity contribution in [2.75, 3.05) is 31.3 Å². The molecular formula is C20H24ClN3O2. The Balaban J connectivity index is 1.81. The lowest BCUT2D eigenvalue weighted by Gasteiger charge is -2.11. The summed E-state index contributed by atoms with van der Waals surface area (Å²) in [6, 6.07) is 13.1. The van der Waals surface area contributed by atoms with Crippen molar-refractivity contribution in [2.24, 2.45) is 0 Å². The van der Waals surface area contributed by atoms with Crippen LogP contribution in [0.1, 0.15) is 17.5 Å². The van der Waals surface area contributed by atoms with Gasteiger partial charge in [-0.05, 0) is 48.7 Å². The molecule has 0 aromatic heterocycles. The Hall–Kier alpha value is -2.53. The molecule has 2 aromatic carbocycles. The van der Waals surface area contributed by atoms with Gasteiger partial charge in [0, 0.05) is 36.9 Å². The van der Waals surface area contributed by atoms with Crippen LogP contribution in [-0.2, 0) is 16.0 Å². The lowest BCUT2D eigenvalue weighted by Crippen LogP contribution is -2.22. The Labute approximate surface area is 159 Å². The zero-order chi connectivity index (χ0) is 19.1. The molecule has 0 spiro atoms. The number of nitrogens with one attached hydrogen (secondary N) is 2. The standard InChI is InChI=1S/C20H24ClN3O2/c1-14-4-8-17(12-18(14)21)22-13-19(25)23-16-9-5-15(6-10-16)7-11-20(26)24(2)3/h4-6,8-10,12,22H,7,11,13H2,1-3H3,(H,23,25). The van der Waals surface area contributed by atoms with Gasteiger partial charge in [-0.25, -0.2) is 0 Å². The molecule has 2 rings (SSSR count). The summed E-state index contributed by atoms with van der Waals surface area (Å²) in [6.45, 7) is 2.08. The molecule has 26 heavy (non-hydrogen) atoms. The molecule has 0 aliphatic heterocycles. The molecule has 0 atom stereocenters. The summed E-state index contributed by atoms with van der Waals surface area (Å²) in [6.07, 6.45) is 1.16. The molecule has 0 radical (unpaired) electrons. The van der Waals surface area contributed by atoms with Gasteiger partial charge in [-0.3, -0.25) is 9.59 Å². The van der Waals surface area contributed by atoms with Gasteiger partial charge in [-0.2, -0.15) is 0 Å². The number of amides is 2. The number of carbonyl (C=O) groups is 2. The number of carbonyl (C=O) groups excluding carboxylic acids is 2. The number of hydrogen-bond acceptors (Lipinski definition) is 3. The van der Waals surface area contributed by atoms with Crippen LogP contribution in [0.15, 0.2) is 42.5 Å². The van der Waals surface area contributed by atoms with Crippen LogP contribution in [0.4, 0.5) is 11.4 Å². The van der Waals surface area contributed by atoms with Gasteiger partial charge in [-0.15, -0.1) is 0 Å². The number of hydrogen-bond donors (Lipinski definition) is 2. The quantitative estimate of drug-likeness (QED) is 0.777. The van der Waals surface area contributed by atoms with E-state index < -0.39 is 0 Å². The van der Waals surface area contributed by atoms with E-state index in [1.807, 2.05) is 43.3 Å². The molecular weight excluding hydrogens is 350 g/mol. The Morgan fingerprint density at radius 2 is 1.69 bits per heavy atom. The van der Waals surface area contributed by atoms with Crippen molar-refractivity contribution < 1.29 is 9.59 Å². The summed E-state index contributed by atoms with van der Waals surface area (Å²) in [4.78, 5) is 25.3. The number of nitrogens with zero attached hydrogens (tertiary/aromatic N) is 1. The molecule has 0 fully saturated rings. The first kappa shape index (κ1) is 19.8. The summed E-state index contributed by atoms with van der Waals surface area (Å²) < 4.78 is 0. The molecule has 2 amide bonds. The molecule has 6 heteroatoms. The highest BCUT2D eigenvalue weighted by atomic mass is 35.5. The Kier molecular flexibility index (Phi) is 7.04. The van der Waals surface area contributed by atoms with Gasteiger partial charge in [0.05, 0.1) is 6.54 Å². The van der Waals surface area contributed by atoms with Gasteiger partial charge in [0.2, 0.25) is 11.8 Å². The minimum atomic E-state index is -0.141. The number of benzene rings is 2. The van der Waals surface area contributed by atoms with E-state index in [0.717, 1.165) is 22.5 Å². The van der Waals surface area contributed by atoms with Crippen molar-refractivity contribution in [2.45, 2.75) is 19.8 Å². The fourth-order valence-corrected chi connectivity index (χ4v) is 2.50. The first-order chi connectivity index (χ1) is 12.3. The second-order valence-electron chi connectivity index (χ2n) is 6.35. The maximum absolute atomic E-state index is 12.1. The van der Waals surface area contributed by atoms with Crippen LogP contribution in [0.2, 0.25) is 5.02 Å². The van der Waals surface area contributed by atoms with Gasteiger partial charge >= 0.3 is 0 Å². The van der Waals surface area contributed by atoms with Crippen LogP contribution in [0.25, 0.3) is 0 Å². The maximum atomic E-state index is 12.1. The molecule has 0 aliphatic carbocycles. The molecule has 0 saturated carbocycles. The van der Waals surface area contributed by atoms with Gasteiger partial charge in [0.1, 0.15) is 0 Å². The summed E-state index contributed by atoms with van der Waals surface area (Å²) in [5.41, 5.74) is 3.58. The SMILES string of the molecule is Cc1ccc(NCC(=O)Nc2ccc(CCC(=O)N(C)C)cc2)cc1Cl. The van der Waals surface area contributed by atoms with Crippen LogP contribution in [0.5, 0.6) is 0 Å². The van der Waals surface area contributed by atoms with Gasteiger partial charge in [0.25, 0.3) is 0 Å². The average molecular weight is 374 g/mol. The molecule has 2 aromatic rings. The molecule has 138 valence electrons. The first-order valence-electron chi connectivity index (χ1n) is 8.44. The smallest absolute Gasteiger partial charge is 0.243 e. The molecule has 2 N–H and O–H groups in total. The van der Waals surface area contributed by atoms with Crippen molar-refractivity contribution >= 4 is 34.8 Å². The minimum Gasteiger partial charge on any atom is -0.376 e. The number of anilines is 2. The van der Waals surface area contributed by atoms with Gasteiger partial charge in [-0.1, -0.05) is 29.8 Å². The molecule has 0 saturated heterocycles. The Morgan fingerprint density at radius 3 is 2.31 bits per heavy atom. The predicted molar refractivity (Wildman–Crippen MR) is 107 cm³/mol. The third kappa shape index (κ3) is 6.08. The van der Waals surface area contributed by atoms with Crippen LogP contribution >= 0.6 is 11.6 Å². The van der Waals surface area contributed by atoms with E-state index in [9.17, 15) is 9.59 Å². The lowest BCUT2D eigenvalue weighted by molar-refractivity contribution is -0.128. The lowest BCUT2D eigenvalue weighted by atomic mass is 10.1.